The molecule has 3 atom stereocenters. The highest BCUT2D eigenvalue weighted by molar-refractivity contribution is 6.01. The number of carbonyl (C=O) groups is 2. The predicted molar refractivity (Wildman–Crippen MR) is 114 cm³/mol. The highest BCUT2D eigenvalue weighted by Gasteiger charge is 2.74. The zero-order chi connectivity index (χ0) is 22.9. The van der Waals surface area contributed by atoms with Gasteiger partial charge in [-0.05, 0) is 17.7 Å². The fourth-order valence-electron chi connectivity index (χ4n) is 4.92. The van der Waals surface area contributed by atoms with Gasteiger partial charge in [0.05, 0.1) is 13.1 Å². The largest absolute Gasteiger partial charge is 0.305 e. The number of hydrogen-bond acceptors (Lipinski definition) is 7. The lowest BCUT2D eigenvalue weighted by atomic mass is 9.60. The Hall–Kier alpha value is -3.72. The lowest BCUT2D eigenvalue weighted by Gasteiger charge is -2.48. The average molecular weight is 435 g/mol. The van der Waals surface area contributed by atoms with Gasteiger partial charge >= 0.3 is 5.54 Å². The third-order valence-electron chi connectivity index (χ3n) is 6.47. The topological polar surface area (TPSA) is 124 Å². The third kappa shape index (κ3) is 3.40. The molecule has 1 fully saturated rings. The van der Waals surface area contributed by atoms with E-state index in [1.165, 1.54) is 0 Å². The number of likely N-dealkylation sites (tertiary alicyclic amines) is 1. The van der Waals surface area contributed by atoms with Gasteiger partial charge in [0.2, 0.25) is 5.78 Å². The molecule has 4 rings (SSSR count). The zero-order valence-electron chi connectivity index (χ0n) is 17.1. The molecule has 0 saturated carbocycles. The van der Waals surface area contributed by atoms with E-state index in [2.05, 4.69) is 0 Å². The van der Waals surface area contributed by atoms with E-state index in [-0.39, 0.29) is 19.6 Å². The highest BCUT2D eigenvalue weighted by Crippen LogP contribution is 2.46. The molecular weight excluding hydrogens is 414 g/mol. The molecule has 1 aliphatic carbocycles. The summed E-state index contributed by atoms with van der Waals surface area (Å²) >= 11 is 0. The first-order valence-electron chi connectivity index (χ1n) is 10.2. The van der Waals surface area contributed by atoms with Gasteiger partial charge < -0.3 is 0 Å². The number of rotatable bonds is 7. The number of piperidine rings is 1. The summed E-state index contributed by atoms with van der Waals surface area (Å²) in [6.45, 7) is -0.228. The molecule has 0 N–H and O–H groups in total. The molecule has 9 nitrogen and oxygen atoms in total. The SMILES string of the molecule is O=C(C[C@H]1[C@]2([N+](=O)[O-])CN(Cc3ccccc3)C[C@]1([N+](=O)[O-])C=CC2=O)c1ccccc1. The van der Waals surface area contributed by atoms with Gasteiger partial charge in [0.1, 0.15) is 5.92 Å². The number of benzene rings is 2. The van der Waals surface area contributed by atoms with Gasteiger partial charge in [0, 0.05) is 28.4 Å². The molecule has 1 heterocycles. The Balaban J connectivity index is 1.78. The second-order valence-corrected chi connectivity index (χ2v) is 8.30. The minimum Gasteiger partial charge on any atom is -0.294 e. The summed E-state index contributed by atoms with van der Waals surface area (Å²) in [5.74, 6) is -2.69. The maximum absolute atomic E-state index is 13.0. The van der Waals surface area contributed by atoms with Crippen LogP contribution >= 0.6 is 0 Å². The Morgan fingerprint density at radius 3 is 2.19 bits per heavy atom. The van der Waals surface area contributed by atoms with E-state index >= 15 is 0 Å². The monoisotopic (exact) mass is 435 g/mol. The number of carbonyl (C=O) groups excluding carboxylic acids is 2. The van der Waals surface area contributed by atoms with Gasteiger partial charge in [-0.2, -0.15) is 0 Å². The second-order valence-electron chi connectivity index (χ2n) is 8.30. The number of ketones is 2. The molecule has 0 spiro atoms. The van der Waals surface area contributed by atoms with E-state index in [1.807, 2.05) is 18.2 Å². The van der Waals surface area contributed by atoms with Gasteiger partial charge in [-0.25, -0.2) is 0 Å². The van der Waals surface area contributed by atoms with E-state index in [9.17, 15) is 29.8 Å². The van der Waals surface area contributed by atoms with Crippen LogP contribution in [-0.2, 0) is 11.3 Å². The van der Waals surface area contributed by atoms with E-state index in [0.29, 0.717) is 5.56 Å². The Labute approximate surface area is 183 Å². The van der Waals surface area contributed by atoms with Crippen LogP contribution in [-0.4, -0.2) is 50.5 Å². The lowest BCUT2D eigenvalue weighted by Crippen LogP contribution is -2.75. The summed E-state index contributed by atoms with van der Waals surface area (Å²) in [4.78, 5) is 51.0. The smallest absolute Gasteiger partial charge is 0.294 e. The van der Waals surface area contributed by atoms with Crippen LogP contribution in [0.4, 0.5) is 0 Å². The molecule has 1 saturated heterocycles. The van der Waals surface area contributed by atoms with Crippen molar-refractivity contribution >= 4 is 11.6 Å². The summed E-state index contributed by atoms with van der Waals surface area (Å²) < 4.78 is 0. The molecule has 9 heteroatoms. The number of hydrogen-bond donors (Lipinski definition) is 0. The van der Waals surface area contributed by atoms with Crippen LogP contribution in [0.2, 0.25) is 0 Å². The molecule has 2 bridgehead atoms. The molecule has 32 heavy (non-hydrogen) atoms. The minimum absolute atomic E-state index is 0.138. The Bertz CT molecular complexity index is 1100. The number of nitrogens with zero attached hydrogens (tertiary/aromatic N) is 3. The van der Waals surface area contributed by atoms with E-state index < -0.39 is 44.8 Å². The van der Waals surface area contributed by atoms with Gasteiger partial charge in [0.25, 0.3) is 5.54 Å². The highest BCUT2D eigenvalue weighted by atomic mass is 16.6. The van der Waals surface area contributed by atoms with Gasteiger partial charge in [-0.3, -0.25) is 34.7 Å². The van der Waals surface area contributed by atoms with Crippen LogP contribution in [0.15, 0.2) is 72.8 Å². The summed E-state index contributed by atoms with van der Waals surface area (Å²) in [6, 6.07) is 17.2. The quantitative estimate of drug-likeness (QED) is 0.372. The standard InChI is InChI=1S/C23H21N3O6/c27-19(18-9-5-2-6-10-18)13-20-22(25(29)30)12-11-21(28)23(20,26(31)32)16-24(15-22)14-17-7-3-1-4-8-17/h1-12,20H,13-16H2/t20-,22-,23-/m1/s1. The number of nitro groups is 2. The van der Waals surface area contributed by atoms with Gasteiger partial charge in [-0.15, -0.1) is 0 Å². The third-order valence-corrected chi connectivity index (χ3v) is 6.47. The van der Waals surface area contributed by atoms with Crippen molar-refractivity contribution in [2.75, 3.05) is 13.1 Å². The van der Waals surface area contributed by atoms with Gasteiger partial charge in [-0.1, -0.05) is 60.7 Å². The zero-order valence-corrected chi connectivity index (χ0v) is 17.1. The molecule has 2 aromatic rings. The fraction of sp³-hybridized carbons (Fsp3) is 0.304. The van der Waals surface area contributed by atoms with Crippen molar-refractivity contribution in [2.24, 2.45) is 5.92 Å². The van der Waals surface area contributed by atoms with E-state index in [1.54, 1.807) is 47.4 Å². The molecule has 164 valence electrons. The molecule has 0 aromatic heterocycles. The minimum atomic E-state index is -2.28. The van der Waals surface area contributed by atoms with Crippen LogP contribution < -0.4 is 0 Å². The van der Waals surface area contributed by atoms with Crippen molar-refractivity contribution in [3.63, 3.8) is 0 Å². The van der Waals surface area contributed by atoms with Crippen molar-refractivity contribution in [3.05, 3.63) is 104 Å². The van der Waals surface area contributed by atoms with Crippen molar-refractivity contribution in [1.29, 1.82) is 0 Å². The molecule has 0 amide bonds. The van der Waals surface area contributed by atoms with Crippen molar-refractivity contribution < 1.29 is 19.4 Å². The van der Waals surface area contributed by atoms with Crippen molar-refractivity contribution in [2.45, 2.75) is 24.0 Å². The first-order valence-corrected chi connectivity index (χ1v) is 10.2. The molecule has 0 radical (unpaired) electrons. The van der Waals surface area contributed by atoms with Crippen molar-refractivity contribution in [1.82, 2.24) is 4.90 Å². The molecule has 2 aromatic carbocycles. The molecule has 1 aliphatic heterocycles. The Kier molecular flexibility index (Phi) is 5.43. The molecule has 2 aliphatic rings. The average Bonchev–Trinajstić information content (AvgIpc) is 2.78. The first-order chi connectivity index (χ1) is 15.3. The summed E-state index contributed by atoms with van der Waals surface area (Å²) in [5.41, 5.74) is -3.10. The van der Waals surface area contributed by atoms with Crippen molar-refractivity contribution in [3.8, 4) is 0 Å². The molecular formula is C23H21N3O6. The van der Waals surface area contributed by atoms with Crippen LogP contribution in [0.3, 0.4) is 0 Å². The van der Waals surface area contributed by atoms with E-state index in [4.69, 9.17) is 0 Å². The normalized spacial score (nSPS) is 27.1. The lowest BCUT2D eigenvalue weighted by molar-refractivity contribution is -0.624. The summed E-state index contributed by atoms with van der Waals surface area (Å²) in [5, 5.41) is 24.7. The maximum atomic E-state index is 13.0. The van der Waals surface area contributed by atoms with Gasteiger partial charge in [0.15, 0.2) is 5.78 Å². The van der Waals surface area contributed by atoms with Crippen LogP contribution in [0.1, 0.15) is 22.3 Å². The molecule has 0 unspecified atom stereocenters. The van der Waals surface area contributed by atoms with Crippen LogP contribution in [0.5, 0.6) is 0 Å². The maximum Gasteiger partial charge on any atom is 0.305 e. The van der Waals surface area contributed by atoms with Crippen LogP contribution in [0, 0.1) is 26.1 Å². The fourth-order valence-corrected chi connectivity index (χ4v) is 4.92. The first kappa shape index (κ1) is 21.5. The number of Topliss-reactive ketones (excluding diaryl/α,β-unsaturated/α-hetero) is 1. The Morgan fingerprint density at radius 1 is 0.969 bits per heavy atom. The second kappa shape index (κ2) is 8.08. The summed E-state index contributed by atoms with van der Waals surface area (Å²) in [7, 11) is 0. The number of fused-ring (bicyclic) bond motifs is 2. The predicted octanol–water partition coefficient (Wildman–Crippen LogP) is 2.56. The Morgan fingerprint density at radius 2 is 1.59 bits per heavy atom. The van der Waals surface area contributed by atoms with Crippen LogP contribution in [0.25, 0.3) is 0 Å². The summed E-state index contributed by atoms with van der Waals surface area (Å²) in [6.07, 6.45) is 1.63. The van der Waals surface area contributed by atoms with E-state index in [0.717, 1.165) is 17.7 Å².